The monoisotopic (exact) mass is 231 g/mol. The Kier molecular flexibility index (Phi) is 4.74. The van der Waals surface area contributed by atoms with E-state index < -0.39 is 0 Å². The Morgan fingerprint density at radius 3 is 2.33 bits per heavy atom. The molecule has 0 atom stereocenters. The first-order valence-corrected chi connectivity index (χ1v) is 5.03. The van der Waals surface area contributed by atoms with Crippen molar-refractivity contribution in [1.29, 1.82) is 0 Å². The van der Waals surface area contributed by atoms with Crippen LogP contribution >= 0.6 is 11.6 Å². The standard InChI is InChI=1S/C9H14ClN3O2/c1-7-6-8(12-9(10)11-7)13(2-4-14)3-5-15/h6,14-15H,2-5H2,1H3. The molecule has 0 saturated heterocycles. The number of hydrogen-bond acceptors (Lipinski definition) is 5. The van der Waals surface area contributed by atoms with Crippen LogP contribution in [0, 0.1) is 6.92 Å². The molecular weight excluding hydrogens is 218 g/mol. The molecule has 6 heteroatoms. The van der Waals surface area contributed by atoms with E-state index in [1.807, 2.05) is 6.92 Å². The number of aryl methyl sites for hydroxylation is 1. The van der Waals surface area contributed by atoms with E-state index >= 15 is 0 Å². The molecule has 0 amide bonds. The van der Waals surface area contributed by atoms with Crippen LogP contribution in [-0.2, 0) is 0 Å². The summed E-state index contributed by atoms with van der Waals surface area (Å²) in [7, 11) is 0. The maximum atomic E-state index is 8.86. The molecule has 0 saturated carbocycles. The lowest BCUT2D eigenvalue weighted by Crippen LogP contribution is -2.30. The average Bonchev–Trinajstić information content (AvgIpc) is 2.16. The van der Waals surface area contributed by atoms with Crippen LogP contribution in [0.5, 0.6) is 0 Å². The van der Waals surface area contributed by atoms with Gasteiger partial charge in [-0.3, -0.25) is 0 Å². The zero-order valence-electron chi connectivity index (χ0n) is 8.52. The fraction of sp³-hybridized carbons (Fsp3) is 0.556. The van der Waals surface area contributed by atoms with Crippen molar-refractivity contribution in [2.75, 3.05) is 31.2 Å². The van der Waals surface area contributed by atoms with Crippen molar-refractivity contribution in [2.24, 2.45) is 0 Å². The molecule has 0 aromatic carbocycles. The maximum absolute atomic E-state index is 8.86. The minimum absolute atomic E-state index is 0.000664. The lowest BCUT2D eigenvalue weighted by Gasteiger charge is -2.21. The van der Waals surface area contributed by atoms with Crippen LogP contribution in [-0.4, -0.2) is 46.5 Å². The van der Waals surface area contributed by atoms with Crippen LogP contribution in [0.4, 0.5) is 5.82 Å². The third kappa shape index (κ3) is 3.62. The van der Waals surface area contributed by atoms with Crippen molar-refractivity contribution in [3.8, 4) is 0 Å². The molecule has 15 heavy (non-hydrogen) atoms. The Bertz CT molecular complexity index is 296. The molecule has 0 radical (unpaired) electrons. The number of halogens is 1. The fourth-order valence-corrected chi connectivity index (χ4v) is 1.48. The summed E-state index contributed by atoms with van der Waals surface area (Å²) in [5.74, 6) is 0.621. The van der Waals surface area contributed by atoms with Crippen LogP contribution in [0.15, 0.2) is 6.07 Å². The Labute approximate surface area is 93.3 Å². The molecule has 0 aliphatic heterocycles. The predicted molar refractivity (Wildman–Crippen MR) is 58.2 cm³/mol. The van der Waals surface area contributed by atoms with Crippen LogP contribution < -0.4 is 4.90 Å². The lowest BCUT2D eigenvalue weighted by molar-refractivity contribution is 0.280. The molecule has 1 rings (SSSR count). The summed E-state index contributed by atoms with van der Waals surface area (Å²) in [4.78, 5) is 9.72. The molecule has 1 aromatic rings. The van der Waals surface area contributed by atoms with E-state index in [2.05, 4.69) is 9.97 Å². The van der Waals surface area contributed by atoms with Crippen LogP contribution in [0.25, 0.3) is 0 Å². The Hall–Kier alpha value is -0.910. The van der Waals surface area contributed by atoms with E-state index in [9.17, 15) is 0 Å². The summed E-state index contributed by atoms with van der Waals surface area (Å²) >= 11 is 5.72. The summed E-state index contributed by atoms with van der Waals surface area (Å²) in [5, 5.41) is 17.9. The Balaban J connectivity index is 2.88. The zero-order valence-corrected chi connectivity index (χ0v) is 9.28. The summed E-state index contributed by atoms with van der Waals surface area (Å²) in [6.07, 6.45) is 0. The van der Waals surface area contributed by atoms with Gasteiger partial charge in [-0.05, 0) is 18.5 Å². The third-order valence-corrected chi connectivity index (χ3v) is 2.05. The summed E-state index contributed by atoms with van der Waals surface area (Å²) in [6, 6.07) is 1.76. The first-order chi connectivity index (χ1) is 7.17. The van der Waals surface area contributed by atoms with Gasteiger partial charge in [0.2, 0.25) is 5.28 Å². The smallest absolute Gasteiger partial charge is 0.224 e. The second kappa shape index (κ2) is 5.85. The number of aliphatic hydroxyl groups excluding tert-OH is 2. The topological polar surface area (TPSA) is 69.5 Å². The van der Waals surface area contributed by atoms with Crippen LogP contribution in [0.2, 0.25) is 5.28 Å². The van der Waals surface area contributed by atoms with Gasteiger partial charge in [-0.1, -0.05) is 0 Å². The van der Waals surface area contributed by atoms with Crippen LogP contribution in [0.1, 0.15) is 5.69 Å². The quantitative estimate of drug-likeness (QED) is 0.710. The highest BCUT2D eigenvalue weighted by molar-refractivity contribution is 6.28. The molecule has 1 heterocycles. The molecule has 5 nitrogen and oxygen atoms in total. The van der Waals surface area contributed by atoms with E-state index in [1.54, 1.807) is 11.0 Å². The minimum Gasteiger partial charge on any atom is -0.395 e. The average molecular weight is 232 g/mol. The van der Waals surface area contributed by atoms with Gasteiger partial charge in [-0.25, -0.2) is 9.97 Å². The number of hydrogen-bond donors (Lipinski definition) is 2. The predicted octanol–water partition coefficient (Wildman–Crippen LogP) is 0.229. The van der Waals surface area contributed by atoms with Gasteiger partial charge in [-0.2, -0.15) is 0 Å². The van der Waals surface area contributed by atoms with Gasteiger partial charge in [0.25, 0.3) is 0 Å². The van der Waals surface area contributed by atoms with Crippen molar-refractivity contribution in [1.82, 2.24) is 9.97 Å². The number of aromatic nitrogens is 2. The number of anilines is 1. The fourth-order valence-electron chi connectivity index (χ4n) is 1.26. The van der Waals surface area contributed by atoms with E-state index in [4.69, 9.17) is 21.8 Å². The van der Waals surface area contributed by atoms with Crippen molar-refractivity contribution in [2.45, 2.75) is 6.92 Å². The molecule has 84 valence electrons. The highest BCUT2D eigenvalue weighted by Crippen LogP contribution is 2.14. The highest BCUT2D eigenvalue weighted by atomic mass is 35.5. The minimum atomic E-state index is 0.000664. The number of nitrogens with zero attached hydrogens (tertiary/aromatic N) is 3. The molecule has 0 bridgehead atoms. The molecule has 0 spiro atoms. The Morgan fingerprint density at radius 1 is 1.27 bits per heavy atom. The third-order valence-electron chi connectivity index (χ3n) is 1.88. The van der Waals surface area contributed by atoms with E-state index in [0.29, 0.717) is 18.9 Å². The van der Waals surface area contributed by atoms with Crippen molar-refractivity contribution < 1.29 is 10.2 Å². The van der Waals surface area contributed by atoms with Gasteiger partial charge in [0, 0.05) is 24.8 Å². The maximum Gasteiger partial charge on any atom is 0.224 e. The summed E-state index contributed by atoms with van der Waals surface area (Å²) in [6.45, 7) is 2.63. The van der Waals surface area contributed by atoms with Gasteiger partial charge >= 0.3 is 0 Å². The van der Waals surface area contributed by atoms with Gasteiger partial charge in [0.15, 0.2) is 0 Å². The first-order valence-electron chi connectivity index (χ1n) is 4.65. The molecule has 0 unspecified atom stereocenters. The van der Waals surface area contributed by atoms with Gasteiger partial charge in [0.05, 0.1) is 13.2 Å². The first kappa shape index (κ1) is 12.2. The largest absolute Gasteiger partial charge is 0.395 e. The normalized spacial score (nSPS) is 10.4. The second-order valence-corrected chi connectivity index (χ2v) is 3.41. The van der Waals surface area contributed by atoms with E-state index in [-0.39, 0.29) is 18.5 Å². The molecule has 2 N–H and O–H groups in total. The van der Waals surface area contributed by atoms with Gasteiger partial charge in [0.1, 0.15) is 5.82 Å². The summed E-state index contributed by atoms with van der Waals surface area (Å²) < 4.78 is 0. The van der Waals surface area contributed by atoms with E-state index in [1.165, 1.54) is 0 Å². The van der Waals surface area contributed by atoms with Crippen molar-refractivity contribution in [3.05, 3.63) is 17.0 Å². The Morgan fingerprint density at radius 2 is 1.87 bits per heavy atom. The SMILES string of the molecule is Cc1cc(N(CCO)CCO)nc(Cl)n1. The zero-order chi connectivity index (χ0) is 11.3. The molecular formula is C9H14ClN3O2. The van der Waals surface area contributed by atoms with Crippen LogP contribution in [0.3, 0.4) is 0 Å². The molecule has 1 aromatic heterocycles. The van der Waals surface area contributed by atoms with Gasteiger partial charge < -0.3 is 15.1 Å². The molecule has 0 aliphatic rings. The highest BCUT2D eigenvalue weighted by Gasteiger charge is 2.08. The van der Waals surface area contributed by atoms with Gasteiger partial charge in [-0.15, -0.1) is 0 Å². The van der Waals surface area contributed by atoms with E-state index in [0.717, 1.165) is 5.69 Å². The number of aliphatic hydroxyl groups is 2. The lowest BCUT2D eigenvalue weighted by atomic mass is 10.4. The molecule has 0 fully saturated rings. The van der Waals surface area contributed by atoms with Crippen molar-refractivity contribution in [3.63, 3.8) is 0 Å². The molecule has 0 aliphatic carbocycles. The number of rotatable bonds is 5. The second-order valence-electron chi connectivity index (χ2n) is 3.07. The van der Waals surface area contributed by atoms with Crippen molar-refractivity contribution >= 4 is 17.4 Å². The summed E-state index contributed by atoms with van der Waals surface area (Å²) in [5.41, 5.74) is 0.755.